The number of hydrogen-bond donors (Lipinski definition) is 3. The van der Waals surface area contributed by atoms with E-state index in [0.717, 1.165) is 65.5 Å². The number of aromatic nitrogens is 2. The normalized spacial score (nSPS) is 17.1. The number of piperidine rings is 1. The van der Waals surface area contributed by atoms with Gasteiger partial charge in [-0.15, -0.1) is 23.1 Å². The molecule has 2 aliphatic heterocycles. The number of fused-ring (bicyclic) bond motifs is 3. The number of rotatable bonds is 5. The molecule has 4 heterocycles. The molecule has 5 rings (SSSR count). The second-order valence-electron chi connectivity index (χ2n) is 8.94. The molecule has 10 heteroatoms. The summed E-state index contributed by atoms with van der Waals surface area (Å²) in [6.45, 7) is 3.36. The third-order valence-corrected chi connectivity index (χ3v) is 8.73. The Morgan fingerprint density at radius 1 is 1.29 bits per heavy atom. The van der Waals surface area contributed by atoms with Crippen LogP contribution in [-0.4, -0.2) is 64.8 Å². The highest BCUT2D eigenvalue weighted by Gasteiger charge is 2.31. The van der Waals surface area contributed by atoms with Gasteiger partial charge < -0.3 is 26.3 Å². The third-order valence-electron chi connectivity index (χ3n) is 6.83. The van der Waals surface area contributed by atoms with Crippen LogP contribution < -0.4 is 11.1 Å². The number of carbonyl (C=O) groups excluding carboxylic acids is 1. The Labute approximate surface area is 207 Å². The molecule has 0 unspecified atom stereocenters. The number of carbonyl (C=O) groups is 1. The van der Waals surface area contributed by atoms with Crippen molar-refractivity contribution in [2.45, 2.75) is 30.7 Å². The maximum Gasteiger partial charge on any atom is 0.226 e. The van der Waals surface area contributed by atoms with Crippen molar-refractivity contribution in [1.29, 1.82) is 5.41 Å². The molecule has 0 aliphatic carbocycles. The minimum atomic E-state index is 0.141. The van der Waals surface area contributed by atoms with E-state index in [9.17, 15) is 4.79 Å². The number of nitrogens with two attached hydrogens (primary N) is 1. The lowest BCUT2D eigenvalue weighted by Crippen LogP contribution is -2.43. The van der Waals surface area contributed by atoms with Crippen LogP contribution in [0.25, 0.3) is 10.2 Å². The van der Waals surface area contributed by atoms with Crippen molar-refractivity contribution in [1.82, 2.24) is 19.8 Å². The summed E-state index contributed by atoms with van der Waals surface area (Å²) < 4.78 is 0. The van der Waals surface area contributed by atoms with Gasteiger partial charge in [0.15, 0.2) is 0 Å². The summed E-state index contributed by atoms with van der Waals surface area (Å²) in [6.07, 6.45) is 7.55. The summed E-state index contributed by atoms with van der Waals surface area (Å²) >= 11 is 3.25. The first-order chi connectivity index (χ1) is 16.5. The molecule has 0 atom stereocenters. The highest BCUT2D eigenvalue weighted by molar-refractivity contribution is 7.98. The zero-order chi connectivity index (χ0) is 23.8. The van der Waals surface area contributed by atoms with E-state index in [-0.39, 0.29) is 5.92 Å². The smallest absolute Gasteiger partial charge is 0.226 e. The lowest BCUT2D eigenvalue weighted by Gasteiger charge is -2.34. The number of amides is 1. The lowest BCUT2D eigenvalue weighted by atomic mass is 9.94. The minimum Gasteiger partial charge on any atom is -0.398 e. The molecule has 2 aromatic heterocycles. The zero-order valence-electron chi connectivity index (χ0n) is 19.4. The monoisotopic (exact) mass is 495 g/mol. The molecule has 1 amide bonds. The second kappa shape index (κ2) is 9.52. The molecule has 0 spiro atoms. The molecule has 0 radical (unpaired) electrons. The van der Waals surface area contributed by atoms with Crippen molar-refractivity contribution in [3.8, 4) is 0 Å². The van der Waals surface area contributed by atoms with Gasteiger partial charge in [0.1, 0.15) is 17.0 Å². The topological polar surface area (TPSA) is 111 Å². The van der Waals surface area contributed by atoms with Crippen LogP contribution in [-0.2, 0) is 17.8 Å². The first-order valence-electron chi connectivity index (χ1n) is 11.5. The summed E-state index contributed by atoms with van der Waals surface area (Å²) in [5.74, 6) is 1.20. The maximum atomic E-state index is 13.2. The van der Waals surface area contributed by atoms with Gasteiger partial charge in [-0.25, -0.2) is 9.97 Å². The van der Waals surface area contributed by atoms with Crippen LogP contribution in [0.1, 0.15) is 28.8 Å². The van der Waals surface area contributed by atoms with E-state index in [0.29, 0.717) is 23.7 Å². The standard InChI is InChI=1S/C24H29N7OS2/c1-30-6-3-14(4-7-30)24(32)31-8-5-16-20(12-31)34-23-21(16)22(27-13-28-23)29-18-9-15(11-25)17(26)10-19(18)33-2/h9-11,13-14,25H,3-8,12,26H2,1-2H3,(H,27,28,29). The Balaban J connectivity index is 1.44. The van der Waals surface area contributed by atoms with Crippen LogP contribution in [0.4, 0.5) is 17.2 Å². The largest absolute Gasteiger partial charge is 0.398 e. The second-order valence-corrected chi connectivity index (χ2v) is 10.9. The number of hydrogen-bond acceptors (Lipinski definition) is 9. The van der Waals surface area contributed by atoms with E-state index in [4.69, 9.17) is 11.1 Å². The van der Waals surface area contributed by atoms with Gasteiger partial charge in [0, 0.05) is 39.7 Å². The predicted octanol–water partition coefficient (Wildman–Crippen LogP) is 3.96. The number of benzene rings is 1. The SMILES string of the molecule is CSc1cc(N)c(C=N)cc1Nc1ncnc2sc3c(c12)CCN(C(=O)C1CCN(C)CC1)C3. The van der Waals surface area contributed by atoms with Crippen LogP contribution >= 0.6 is 23.1 Å². The Morgan fingerprint density at radius 3 is 2.82 bits per heavy atom. The van der Waals surface area contributed by atoms with Crippen molar-refractivity contribution in [2.24, 2.45) is 5.92 Å². The summed E-state index contributed by atoms with van der Waals surface area (Å²) in [6, 6.07) is 3.78. The predicted molar refractivity (Wildman–Crippen MR) is 141 cm³/mol. The van der Waals surface area contributed by atoms with E-state index in [1.54, 1.807) is 29.4 Å². The number of thioether (sulfide) groups is 1. The Bertz CT molecular complexity index is 1250. The molecule has 0 saturated carbocycles. The van der Waals surface area contributed by atoms with Gasteiger partial charge in [0.2, 0.25) is 5.91 Å². The van der Waals surface area contributed by atoms with Crippen molar-refractivity contribution in [3.05, 3.63) is 34.5 Å². The number of nitrogens with zero attached hydrogens (tertiary/aromatic N) is 4. The first-order valence-corrected chi connectivity index (χ1v) is 13.5. The molecule has 1 aromatic carbocycles. The van der Waals surface area contributed by atoms with Gasteiger partial charge >= 0.3 is 0 Å². The van der Waals surface area contributed by atoms with E-state index < -0.39 is 0 Å². The van der Waals surface area contributed by atoms with Gasteiger partial charge in [-0.1, -0.05) is 0 Å². The van der Waals surface area contributed by atoms with Crippen molar-refractivity contribution >= 4 is 62.6 Å². The third kappa shape index (κ3) is 4.25. The Kier molecular flexibility index (Phi) is 6.46. The number of nitrogen functional groups attached to an aromatic ring is 1. The van der Waals surface area contributed by atoms with Crippen LogP contribution in [0.15, 0.2) is 23.4 Å². The highest BCUT2D eigenvalue weighted by Crippen LogP contribution is 2.40. The molecular formula is C24H29N7OS2. The van der Waals surface area contributed by atoms with E-state index >= 15 is 0 Å². The number of anilines is 3. The summed E-state index contributed by atoms with van der Waals surface area (Å²) in [7, 11) is 2.12. The van der Waals surface area contributed by atoms with E-state index in [1.165, 1.54) is 16.7 Å². The lowest BCUT2D eigenvalue weighted by molar-refractivity contribution is -0.137. The number of nitrogens with one attached hydrogen (secondary N) is 2. The molecule has 3 aromatic rings. The van der Waals surface area contributed by atoms with Gasteiger partial charge in [0.25, 0.3) is 0 Å². The van der Waals surface area contributed by atoms with Gasteiger partial charge in [-0.2, -0.15) is 0 Å². The highest BCUT2D eigenvalue weighted by atomic mass is 32.2. The molecular weight excluding hydrogens is 466 g/mol. The average molecular weight is 496 g/mol. The molecule has 8 nitrogen and oxygen atoms in total. The van der Waals surface area contributed by atoms with Gasteiger partial charge in [0.05, 0.1) is 17.6 Å². The summed E-state index contributed by atoms with van der Waals surface area (Å²) in [5, 5.41) is 12.2. The summed E-state index contributed by atoms with van der Waals surface area (Å²) in [4.78, 5) is 29.8. The van der Waals surface area contributed by atoms with Gasteiger partial charge in [-0.3, -0.25) is 4.79 Å². The molecule has 0 bridgehead atoms. The molecule has 2 aliphatic rings. The van der Waals surface area contributed by atoms with E-state index in [2.05, 4.69) is 27.2 Å². The Hall–Kier alpha value is -2.69. The minimum absolute atomic E-state index is 0.141. The van der Waals surface area contributed by atoms with E-state index in [1.807, 2.05) is 23.3 Å². The number of thiophene rings is 1. The van der Waals surface area contributed by atoms with Crippen molar-refractivity contribution < 1.29 is 4.79 Å². The fourth-order valence-corrected chi connectivity index (χ4v) is 6.63. The quantitative estimate of drug-likeness (QED) is 0.279. The zero-order valence-corrected chi connectivity index (χ0v) is 21.1. The van der Waals surface area contributed by atoms with Crippen molar-refractivity contribution in [2.75, 3.05) is 44.0 Å². The van der Waals surface area contributed by atoms with Crippen LogP contribution in [0.3, 0.4) is 0 Å². The van der Waals surface area contributed by atoms with Crippen LogP contribution in [0.2, 0.25) is 0 Å². The van der Waals surface area contributed by atoms with Crippen LogP contribution in [0.5, 0.6) is 0 Å². The average Bonchev–Trinajstić information content (AvgIpc) is 3.23. The molecule has 4 N–H and O–H groups in total. The van der Waals surface area contributed by atoms with Gasteiger partial charge in [-0.05, 0) is 63.4 Å². The number of likely N-dealkylation sites (tertiary alicyclic amines) is 1. The Morgan fingerprint density at radius 2 is 2.09 bits per heavy atom. The molecule has 178 valence electrons. The fourth-order valence-electron chi connectivity index (χ4n) is 4.86. The fraction of sp³-hybridized carbons (Fsp3) is 0.417. The molecule has 34 heavy (non-hydrogen) atoms. The first kappa shape index (κ1) is 23.1. The maximum absolute atomic E-state index is 13.2. The summed E-state index contributed by atoms with van der Waals surface area (Å²) in [5.41, 5.74) is 9.44. The van der Waals surface area contributed by atoms with Crippen LogP contribution in [0, 0.1) is 11.3 Å². The van der Waals surface area contributed by atoms with Crippen molar-refractivity contribution in [3.63, 3.8) is 0 Å². The molecule has 1 fully saturated rings. The molecule has 1 saturated heterocycles.